The third-order valence-electron chi connectivity index (χ3n) is 3.56. The molecule has 0 radical (unpaired) electrons. The van der Waals surface area contributed by atoms with Crippen LogP contribution in [0.3, 0.4) is 0 Å². The molecule has 116 valence electrons. The Morgan fingerprint density at radius 2 is 2.33 bits per heavy atom. The number of carbonyl (C=O) groups is 1. The van der Waals surface area contributed by atoms with Crippen LogP contribution in [0.15, 0.2) is 24.3 Å². The maximum atomic E-state index is 12.3. The normalized spacial score (nSPS) is 18.6. The summed E-state index contributed by atoms with van der Waals surface area (Å²) in [6.45, 7) is 4.67. The number of ether oxygens (including phenoxy) is 2. The van der Waals surface area contributed by atoms with Crippen molar-refractivity contribution in [1.29, 1.82) is 0 Å². The highest BCUT2D eigenvalue weighted by Crippen LogP contribution is 2.16. The predicted molar refractivity (Wildman–Crippen MR) is 82.4 cm³/mol. The van der Waals surface area contributed by atoms with Crippen LogP contribution >= 0.6 is 0 Å². The number of piperidine rings is 1. The number of methoxy groups -OCH3 is 1. The van der Waals surface area contributed by atoms with Gasteiger partial charge in [-0.05, 0) is 37.5 Å². The number of carbonyl (C=O) groups excluding carboxylic acids is 1. The fourth-order valence-corrected chi connectivity index (χ4v) is 2.60. The second-order valence-electron chi connectivity index (χ2n) is 5.23. The molecule has 2 rings (SSSR count). The van der Waals surface area contributed by atoms with Crippen molar-refractivity contribution in [1.82, 2.24) is 4.90 Å². The second-order valence-corrected chi connectivity index (χ2v) is 5.23. The highest BCUT2D eigenvalue weighted by molar-refractivity contribution is 5.89. The van der Waals surface area contributed by atoms with Crippen LogP contribution in [-0.4, -0.2) is 43.8 Å². The number of anilines is 1. The van der Waals surface area contributed by atoms with Crippen molar-refractivity contribution in [3.63, 3.8) is 0 Å². The first-order chi connectivity index (χ1) is 10.2. The van der Waals surface area contributed by atoms with Crippen LogP contribution in [0.5, 0.6) is 0 Å². The van der Waals surface area contributed by atoms with E-state index in [1.54, 1.807) is 7.11 Å². The number of benzene rings is 1. The van der Waals surface area contributed by atoms with Gasteiger partial charge >= 0.3 is 6.03 Å². The van der Waals surface area contributed by atoms with Gasteiger partial charge < -0.3 is 19.7 Å². The van der Waals surface area contributed by atoms with Crippen LogP contribution in [0.1, 0.15) is 25.3 Å². The number of rotatable bonds is 5. The van der Waals surface area contributed by atoms with Crippen LogP contribution in [-0.2, 0) is 16.1 Å². The Morgan fingerprint density at radius 3 is 3.10 bits per heavy atom. The van der Waals surface area contributed by atoms with E-state index in [4.69, 9.17) is 9.47 Å². The molecule has 1 saturated heterocycles. The topological polar surface area (TPSA) is 50.8 Å². The zero-order valence-electron chi connectivity index (χ0n) is 12.8. The number of likely N-dealkylation sites (tertiary alicyclic amines) is 1. The average Bonchev–Trinajstić information content (AvgIpc) is 2.48. The summed E-state index contributed by atoms with van der Waals surface area (Å²) in [6, 6.07) is 7.66. The first-order valence-electron chi connectivity index (χ1n) is 7.48. The number of urea groups is 1. The first-order valence-corrected chi connectivity index (χ1v) is 7.48. The quantitative estimate of drug-likeness (QED) is 0.908. The summed E-state index contributed by atoms with van der Waals surface area (Å²) in [5, 5.41) is 2.95. The molecule has 1 heterocycles. The minimum atomic E-state index is -0.0611. The Labute approximate surface area is 126 Å². The SMILES string of the molecule is CCO[C@@H]1CCCN(C(=O)Nc2cccc(COC)c2)C1. The summed E-state index contributed by atoms with van der Waals surface area (Å²) >= 11 is 0. The van der Waals surface area contributed by atoms with Gasteiger partial charge in [0.05, 0.1) is 12.7 Å². The summed E-state index contributed by atoms with van der Waals surface area (Å²) in [4.78, 5) is 14.1. The van der Waals surface area contributed by atoms with E-state index in [9.17, 15) is 4.79 Å². The van der Waals surface area contributed by atoms with E-state index in [-0.39, 0.29) is 12.1 Å². The van der Waals surface area contributed by atoms with E-state index in [1.165, 1.54) is 0 Å². The first kappa shape index (κ1) is 15.8. The van der Waals surface area contributed by atoms with Gasteiger partial charge in [-0.15, -0.1) is 0 Å². The van der Waals surface area contributed by atoms with Gasteiger partial charge in [0.15, 0.2) is 0 Å². The molecule has 1 N–H and O–H groups in total. The number of amides is 2. The smallest absolute Gasteiger partial charge is 0.321 e. The Hall–Kier alpha value is -1.59. The minimum Gasteiger partial charge on any atom is -0.380 e. The van der Waals surface area contributed by atoms with Crippen molar-refractivity contribution in [2.75, 3.05) is 32.1 Å². The van der Waals surface area contributed by atoms with E-state index < -0.39 is 0 Å². The van der Waals surface area contributed by atoms with Gasteiger partial charge in [-0.3, -0.25) is 0 Å². The van der Waals surface area contributed by atoms with Gasteiger partial charge in [0.25, 0.3) is 0 Å². The van der Waals surface area contributed by atoms with Crippen LogP contribution in [0, 0.1) is 0 Å². The van der Waals surface area contributed by atoms with Crippen LogP contribution in [0.2, 0.25) is 0 Å². The van der Waals surface area contributed by atoms with E-state index in [1.807, 2.05) is 36.1 Å². The monoisotopic (exact) mass is 292 g/mol. The van der Waals surface area contributed by atoms with Gasteiger partial charge in [-0.25, -0.2) is 4.79 Å². The molecule has 0 saturated carbocycles. The lowest BCUT2D eigenvalue weighted by Gasteiger charge is -2.32. The molecule has 0 aliphatic carbocycles. The molecule has 0 spiro atoms. The van der Waals surface area contributed by atoms with Crippen LogP contribution in [0.25, 0.3) is 0 Å². The van der Waals surface area contributed by atoms with E-state index in [2.05, 4.69) is 5.32 Å². The number of nitrogens with one attached hydrogen (secondary N) is 1. The summed E-state index contributed by atoms with van der Waals surface area (Å²) in [6.07, 6.45) is 2.18. The summed E-state index contributed by atoms with van der Waals surface area (Å²) in [5.41, 5.74) is 1.84. The molecule has 5 heteroatoms. The molecular formula is C16H24N2O3. The molecule has 21 heavy (non-hydrogen) atoms. The summed E-state index contributed by atoms with van der Waals surface area (Å²) in [5.74, 6) is 0. The zero-order chi connectivity index (χ0) is 15.1. The summed E-state index contributed by atoms with van der Waals surface area (Å²) in [7, 11) is 1.66. The maximum absolute atomic E-state index is 12.3. The van der Waals surface area contributed by atoms with Crippen molar-refractivity contribution in [3.05, 3.63) is 29.8 Å². The Morgan fingerprint density at radius 1 is 1.48 bits per heavy atom. The average molecular weight is 292 g/mol. The highest BCUT2D eigenvalue weighted by atomic mass is 16.5. The number of nitrogens with zero attached hydrogens (tertiary/aromatic N) is 1. The fourth-order valence-electron chi connectivity index (χ4n) is 2.60. The molecular weight excluding hydrogens is 268 g/mol. The maximum Gasteiger partial charge on any atom is 0.321 e. The second kappa shape index (κ2) is 8.00. The number of hydrogen-bond acceptors (Lipinski definition) is 3. The lowest BCUT2D eigenvalue weighted by molar-refractivity contribution is 0.0181. The predicted octanol–water partition coefficient (Wildman–Crippen LogP) is 2.87. The molecule has 1 atom stereocenters. The van der Waals surface area contributed by atoms with Gasteiger partial charge in [0.2, 0.25) is 0 Å². The molecule has 0 bridgehead atoms. The van der Waals surface area contributed by atoms with Crippen molar-refractivity contribution in [2.45, 2.75) is 32.5 Å². The standard InChI is InChI=1S/C16H24N2O3/c1-3-21-15-8-5-9-18(11-15)16(19)17-14-7-4-6-13(10-14)12-20-2/h4,6-7,10,15H,3,5,8-9,11-12H2,1-2H3,(H,17,19)/t15-/m1/s1. The zero-order valence-corrected chi connectivity index (χ0v) is 12.8. The molecule has 1 aliphatic rings. The van der Waals surface area contributed by atoms with Crippen molar-refractivity contribution < 1.29 is 14.3 Å². The van der Waals surface area contributed by atoms with E-state index >= 15 is 0 Å². The van der Waals surface area contributed by atoms with Crippen molar-refractivity contribution >= 4 is 11.7 Å². The Balaban J connectivity index is 1.92. The molecule has 1 aliphatic heterocycles. The molecule has 5 nitrogen and oxygen atoms in total. The fraction of sp³-hybridized carbons (Fsp3) is 0.562. The molecule has 1 fully saturated rings. The molecule has 0 aromatic heterocycles. The molecule has 1 aromatic rings. The van der Waals surface area contributed by atoms with Gasteiger partial charge in [-0.2, -0.15) is 0 Å². The lowest BCUT2D eigenvalue weighted by atomic mass is 10.1. The molecule has 0 unspecified atom stereocenters. The third kappa shape index (κ3) is 4.72. The summed E-state index contributed by atoms with van der Waals surface area (Å²) < 4.78 is 10.7. The highest BCUT2D eigenvalue weighted by Gasteiger charge is 2.23. The minimum absolute atomic E-state index is 0.0611. The number of hydrogen-bond donors (Lipinski definition) is 1. The van der Waals surface area contributed by atoms with E-state index in [0.717, 1.165) is 30.6 Å². The molecule has 1 aromatic carbocycles. The van der Waals surface area contributed by atoms with Gasteiger partial charge in [0.1, 0.15) is 0 Å². The Bertz CT molecular complexity index is 463. The third-order valence-corrected chi connectivity index (χ3v) is 3.56. The van der Waals surface area contributed by atoms with Gasteiger partial charge in [0, 0.05) is 32.5 Å². The largest absolute Gasteiger partial charge is 0.380 e. The van der Waals surface area contributed by atoms with E-state index in [0.29, 0.717) is 19.8 Å². The van der Waals surface area contributed by atoms with Crippen molar-refractivity contribution in [3.8, 4) is 0 Å². The van der Waals surface area contributed by atoms with Crippen LogP contribution < -0.4 is 5.32 Å². The van der Waals surface area contributed by atoms with Crippen LogP contribution in [0.4, 0.5) is 10.5 Å². The van der Waals surface area contributed by atoms with Crippen molar-refractivity contribution in [2.24, 2.45) is 0 Å². The molecule has 2 amide bonds. The Kier molecular flexibility index (Phi) is 6.02. The van der Waals surface area contributed by atoms with Gasteiger partial charge in [-0.1, -0.05) is 12.1 Å². The lowest BCUT2D eigenvalue weighted by Crippen LogP contribution is -2.45.